The molecule has 0 N–H and O–H groups in total. The highest BCUT2D eigenvalue weighted by molar-refractivity contribution is 9.09. The van der Waals surface area contributed by atoms with E-state index in [9.17, 15) is 8.42 Å². The van der Waals surface area contributed by atoms with E-state index < -0.39 is 10.0 Å². The van der Waals surface area contributed by atoms with Crippen molar-refractivity contribution in [3.8, 4) is 0 Å². The summed E-state index contributed by atoms with van der Waals surface area (Å²) in [4.78, 5) is 0. The molecule has 0 radical (unpaired) electrons. The molecule has 0 fully saturated rings. The molecule has 92 valence electrons. The summed E-state index contributed by atoms with van der Waals surface area (Å²) in [5.74, 6) is 0. The molecule has 0 bridgehead atoms. The van der Waals surface area contributed by atoms with Crippen LogP contribution in [-0.2, 0) is 14.8 Å². The zero-order valence-electron chi connectivity index (χ0n) is 8.93. The molecule has 0 saturated carbocycles. The summed E-state index contributed by atoms with van der Waals surface area (Å²) in [6.07, 6.45) is 0. The Balaban J connectivity index is 2.84. The molecule has 1 aromatic rings. The Labute approximate surface area is 108 Å². The Kier molecular flexibility index (Phi) is 5.91. The molecule has 4 nitrogen and oxygen atoms in total. The third-order valence-corrected chi connectivity index (χ3v) is 5.59. The summed E-state index contributed by atoms with van der Waals surface area (Å²) < 4.78 is 31.0. The van der Waals surface area contributed by atoms with Crippen LogP contribution in [0.25, 0.3) is 0 Å². The van der Waals surface area contributed by atoms with Gasteiger partial charge < -0.3 is 4.74 Å². The van der Waals surface area contributed by atoms with Gasteiger partial charge >= 0.3 is 0 Å². The van der Waals surface area contributed by atoms with E-state index in [1.807, 2.05) is 0 Å². The normalized spacial score (nSPS) is 12.2. The summed E-state index contributed by atoms with van der Waals surface area (Å²) in [5.41, 5.74) is 0. The number of sulfonamides is 1. The topological polar surface area (TPSA) is 46.6 Å². The number of methoxy groups -OCH3 is 1. The minimum atomic E-state index is -3.35. The van der Waals surface area contributed by atoms with Gasteiger partial charge in [0.2, 0.25) is 0 Å². The number of halogens is 1. The Bertz CT molecular complexity index is 391. The largest absolute Gasteiger partial charge is 0.383 e. The maximum atomic E-state index is 12.1. The van der Waals surface area contributed by atoms with Crippen LogP contribution >= 0.6 is 27.3 Å². The first kappa shape index (κ1) is 14.1. The van der Waals surface area contributed by atoms with Crippen LogP contribution in [0.5, 0.6) is 0 Å². The number of ether oxygens (including phenoxy) is 1. The zero-order valence-corrected chi connectivity index (χ0v) is 12.1. The first-order valence-corrected chi connectivity index (χ1v) is 8.15. The Morgan fingerprint density at radius 2 is 2.25 bits per heavy atom. The molecular weight excluding hydrogens is 314 g/mol. The summed E-state index contributed by atoms with van der Waals surface area (Å²) in [6.45, 7) is 1.23. The number of thiophene rings is 1. The van der Waals surface area contributed by atoms with Crippen molar-refractivity contribution in [3.05, 3.63) is 17.5 Å². The van der Waals surface area contributed by atoms with E-state index in [1.165, 1.54) is 15.6 Å². The van der Waals surface area contributed by atoms with E-state index >= 15 is 0 Å². The van der Waals surface area contributed by atoms with Crippen LogP contribution in [0.15, 0.2) is 21.7 Å². The SMILES string of the molecule is COCCN(CCBr)S(=O)(=O)c1cccs1. The van der Waals surface area contributed by atoms with Crippen molar-refractivity contribution in [2.24, 2.45) is 0 Å². The lowest BCUT2D eigenvalue weighted by Gasteiger charge is -2.19. The molecule has 1 rings (SSSR count). The van der Waals surface area contributed by atoms with E-state index in [4.69, 9.17) is 4.74 Å². The lowest BCUT2D eigenvalue weighted by atomic mass is 10.6. The molecule has 0 spiro atoms. The van der Waals surface area contributed by atoms with Gasteiger partial charge in [-0.3, -0.25) is 0 Å². The molecule has 0 aliphatic heterocycles. The highest BCUT2D eigenvalue weighted by Crippen LogP contribution is 2.20. The van der Waals surface area contributed by atoms with Crippen molar-refractivity contribution in [1.29, 1.82) is 0 Å². The summed E-state index contributed by atoms with van der Waals surface area (Å²) >= 11 is 4.49. The third-order valence-electron chi connectivity index (χ3n) is 1.97. The maximum absolute atomic E-state index is 12.1. The highest BCUT2D eigenvalue weighted by Gasteiger charge is 2.24. The standard InChI is InChI=1S/C9H14BrNO3S2/c1-14-7-6-11(5-4-10)16(12,13)9-3-2-8-15-9/h2-3,8H,4-7H2,1H3. The van der Waals surface area contributed by atoms with Gasteiger partial charge in [-0.25, -0.2) is 8.42 Å². The first-order valence-electron chi connectivity index (χ1n) is 4.71. The van der Waals surface area contributed by atoms with Gasteiger partial charge in [0.25, 0.3) is 10.0 Å². The molecule has 0 amide bonds. The molecule has 0 saturated heterocycles. The molecule has 1 aromatic heterocycles. The smallest absolute Gasteiger partial charge is 0.252 e. The average Bonchev–Trinajstić information content (AvgIpc) is 2.77. The zero-order chi connectivity index (χ0) is 12.0. The lowest BCUT2D eigenvalue weighted by molar-refractivity contribution is 0.181. The number of rotatable bonds is 7. The van der Waals surface area contributed by atoms with Gasteiger partial charge in [-0.05, 0) is 11.4 Å². The second-order valence-electron chi connectivity index (χ2n) is 3.02. The Hall–Kier alpha value is 0.0500. The van der Waals surface area contributed by atoms with Crippen molar-refractivity contribution in [2.45, 2.75) is 4.21 Å². The fourth-order valence-electron chi connectivity index (χ4n) is 1.18. The number of nitrogens with zero attached hydrogens (tertiary/aromatic N) is 1. The van der Waals surface area contributed by atoms with Crippen LogP contribution in [0, 0.1) is 0 Å². The maximum Gasteiger partial charge on any atom is 0.252 e. The molecule has 0 aromatic carbocycles. The van der Waals surface area contributed by atoms with Crippen LogP contribution in [0.2, 0.25) is 0 Å². The Morgan fingerprint density at radius 3 is 2.75 bits per heavy atom. The van der Waals surface area contributed by atoms with Crippen LogP contribution in [0.3, 0.4) is 0 Å². The average molecular weight is 328 g/mol. The monoisotopic (exact) mass is 327 g/mol. The van der Waals surface area contributed by atoms with Crippen molar-refractivity contribution < 1.29 is 13.2 Å². The highest BCUT2D eigenvalue weighted by atomic mass is 79.9. The predicted molar refractivity (Wildman–Crippen MR) is 68.7 cm³/mol. The van der Waals surface area contributed by atoms with Gasteiger partial charge in [-0.1, -0.05) is 22.0 Å². The number of hydrogen-bond acceptors (Lipinski definition) is 4. The molecule has 0 atom stereocenters. The van der Waals surface area contributed by atoms with Crippen molar-refractivity contribution >= 4 is 37.3 Å². The van der Waals surface area contributed by atoms with E-state index in [1.54, 1.807) is 24.6 Å². The summed E-state index contributed by atoms with van der Waals surface area (Å²) in [7, 11) is -1.79. The Morgan fingerprint density at radius 1 is 1.50 bits per heavy atom. The predicted octanol–water partition coefficient (Wildman–Crippen LogP) is 1.78. The molecule has 1 heterocycles. The van der Waals surface area contributed by atoms with E-state index in [0.29, 0.717) is 29.2 Å². The lowest BCUT2D eigenvalue weighted by Crippen LogP contribution is -2.35. The fourth-order valence-corrected chi connectivity index (χ4v) is 4.41. The van der Waals surface area contributed by atoms with Crippen molar-refractivity contribution in [1.82, 2.24) is 4.31 Å². The molecule has 0 unspecified atom stereocenters. The van der Waals surface area contributed by atoms with Gasteiger partial charge in [0.1, 0.15) is 4.21 Å². The minimum absolute atomic E-state index is 0.377. The molecule has 16 heavy (non-hydrogen) atoms. The van der Waals surface area contributed by atoms with Gasteiger partial charge in [-0.2, -0.15) is 4.31 Å². The van der Waals surface area contributed by atoms with Gasteiger partial charge in [-0.15, -0.1) is 11.3 Å². The molecule has 7 heteroatoms. The minimum Gasteiger partial charge on any atom is -0.383 e. The van der Waals surface area contributed by atoms with Gasteiger partial charge in [0, 0.05) is 25.5 Å². The van der Waals surface area contributed by atoms with Crippen LogP contribution in [-0.4, -0.2) is 44.9 Å². The van der Waals surface area contributed by atoms with Crippen molar-refractivity contribution in [2.75, 3.05) is 32.1 Å². The van der Waals surface area contributed by atoms with E-state index in [0.717, 1.165) is 0 Å². The van der Waals surface area contributed by atoms with E-state index in [2.05, 4.69) is 15.9 Å². The second-order valence-corrected chi connectivity index (χ2v) is 6.92. The van der Waals surface area contributed by atoms with Crippen LogP contribution in [0.4, 0.5) is 0 Å². The fraction of sp³-hybridized carbons (Fsp3) is 0.556. The second kappa shape index (κ2) is 6.70. The van der Waals surface area contributed by atoms with Crippen LogP contribution < -0.4 is 0 Å². The number of alkyl halides is 1. The summed E-state index contributed by atoms with van der Waals surface area (Å²) in [6, 6.07) is 3.36. The molecular formula is C9H14BrNO3S2. The van der Waals surface area contributed by atoms with Gasteiger partial charge in [0.15, 0.2) is 0 Å². The van der Waals surface area contributed by atoms with Gasteiger partial charge in [0.05, 0.1) is 6.61 Å². The quantitative estimate of drug-likeness (QED) is 0.717. The van der Waals surface area contributed by atoms with Crippen molar-refractivity contribution in [3.63, 3.8) is 0 Å². The van der Waals surface area contributed by atoms with Crippen LogP contribution in [0.1, 0.15) is 0 Å². The third kappa shape index (κ3) is 3.53. The number of hydrogen-bond donors (Lipinski definition) is 0. The molecule has 0 aliphatic carbocycles. The van der Waals surface area contributed by atoms with E-state index in [-0.39, 0.29) is 0 Å². The summed E-state index contributed by atoms with van der Waals surface area (Å²) in [5, 5.41) is 2.37. The molecule has 0 aliphatic rings. The first-order chi connectivity index (χ1) is 7.62.